The van der Waals surface area contributed by atoms with Gasteiger partial charge in [-0.1, -0.05) is 22.9 Å². The lowest BCUT2D eigenvalue weighted by Crippen LogP contribution is -2.32. The van der Waals surface area contributed by atoms with Gasteiger partial charge in [0.25, 0.3) is 0 Å². The van der Waals surface area contributed by atoms with Gasteiger partial charge < -0.3 is 11.1 Å². The first-order chi connectivity index (χ1) is 8.56. The molecular formula is C14H20Br2N2. The van der Waals surface area contributed by atoms with Crippen LogP contribution in [0.15, 0.2) is 21.1 Å². The summed E-state index contributed by atoms with van der Waals surface area (Å²) in [5.41, 5.74) is 8.09. The lowest BCUT2D eigenvalue weighted by Gasteiger charge is -2.27. The molecule has 1 aliphatic carbocycles. The quantitative estimate of drug-likeness (QED) is 0.765. The van der Waals surface area contributed by atoms with Gasteiger partial charge in [-0.3, -0.25) is 0 Å². The summed E-state index contributed by atoms with van der Waals surface area (Å²) in [5.74, 6) is 0.896. The van der Waals surface area contributed by atoms with Gasteiger partial charge >= 0.3 is 0 Å². The second-order valence-electron chi connectivity index (χ2n) is 5.30. The normalized spacial score (nSPS) is 24.2. The maximum absolute atomic E-state index is 6.08. The molecule has 18 heavy (non-hydrogen) atoms. The topological polar surface area (TPSA) is 38.0 Å². The van der Waals surface area contributed by atoms with Crippen LogP contribution >= 0.6 is 31.9 Å². The summed E-state index contributed by atoms with van der Waals surface area (Å²) in [6.07, 6.45) is 5.26. The van der Waals surface area contributed by atoms with E-state index < -0.39 is 0 Å². The SMILES string of the molecule is CC1CCC(NCc2cc(Br)cc(Br)c2N)CC1. The Balaban J connectivity index is 1.94. The molecule has 1 fully saturated rings. The van der Waals surface area contributed by atoms with E-state index in [-0.39, 0.29) is 0 Å². The third kappa shape index (κ3) is 3.72. The van der Waals surface area contributed by atoms with Crippen molar-refractivity contribution >= 4 is 37.5 Å². The predicted molar refractivity (Wildman–Crippen MR) is 84.5 cm³/mol. The number of nitrogen functional groups attached to an aromatic ring is 1. The Bertz CT molecular complexity index is 413. The van der Waals surface area contributed by atoms with Gasteiger partial charge in [0.15, 0.2) is 0 Å². The van der Waals surface area contributed by atoms with Crippen LogP contribution < -0.4 is 11.1 Å². The van der Waals surface area contributed by atoms with Gasteiger partial charge in [-0.05, 0) is 65.2 Å². The van der Waals surface area contributed by atoms with Crippen LogP contribution in [0.1, 0.15) is 38.2 Å². The van der Waals surface area contributed by atoms with Gasteiger partial charge in [0.05, 0.1) is 5.69 Å². The molecule has 3 N–H and O–H groups in total. The zero-order valence-electron chi connectivity index (χ0n) is 10.7. The Morgan fingerprint density at radius 1 is 1.22 bits per heavy atom. The van der Waals surface area contributed by atoms with Crippen LogP contribution in [0.5, 0.6) is 0 Å². The van der Waals surface area contributed by atoms with Crippen molar-refractivity contribution in [3.05, 3.63) is 26.6 Å². The van der Waals surface area contributed by atoms with E-state index in [4.69, 9.17) is 5.73 Å². The monoisotopic (exact) mass is 374 g/mol. The molecule has 0 aliphatic heterocycles. The minimum atomic E-state index is 0.651. The Labute approximate surface area is 126 Å². The predicted octanol–water partition coefficient (Wildman–Crippen LogP) is 4.46. The van der Waals surface area contributed by atoms with Crippen LogP contribution in [-0.4, -0.2) is 6.04 Å². The summed E-state index contributed by atoms with van der Waals surface area (Å²) < 4.78 is 2.03. The van der Waals surface area contributed by atoms with Gasteiger partial charge in [0.1, 0.15) is 0 Å². The zero-order chi connectivity index (χ0) is 13.1. The Morgan fingerprint density at radius 2 is 1.89 bits per heavy atom. The minimum Gasteiger partial charge on any atom is -0.398 e. The number of hydrogen-bond donors (Lipinski definition) is 2. The number of hydrogen-bond acceptors (Lipinski definition) is 2. The van der Waals surface area contributed by atoms with E-state index in [1.807, 2.05) is 6.07 Å². The first-order valence-corrected chi connectivity index (χ1v) is 8.11. The molecule has 2 nitrogen and oxygen atoms in total. The second kappa shape index (κ2) is 6.40. The standard InChI is InChI=1S/C14H20Br2N2/c1-9-2-4-12(5-3-9)18-8-10-6-11(15)7-13(16)14(10)17/h6-7,9,12,18H,2-5,8,17H2,1H3. The number of nitrogens with two attached hydrogens (primary N) is 1. The smallest absolute Gasteiger partial charge is 0.0504 e. The number of anilines is 1. The molecule has 0 atom stereocenters. The largest absolute Gasteiger partial charge is 0.398 e. The number of rotatable bonds is 3. The summed E-state index contributed by atoms with van der Waals surface area (Å²) in [6, 6.07) is 4.73. The molecule has 0 amide bonds. The molecule has 1 aliphatic rings. The lowest BCUT2D eigenvalue weighted by atomic mass is 9.87. The third-order valence-corrected chi connectivity index (χ3v) is 4.89. The Morgan fingerprint density at radius 3 is 2.56 bits per heavy atom. The highest BCUT2D eigenvalue weighted by molar-refractivity contribution is 9.11. The van der Waals surface area contributed by atoms with Crippen LogP contribution in [0.3, 0.4) is 0 Å². The van der Waals surface area contributed by atoms with Crippen molar-refractivity contribution in [2.24, 2.45) is 5.92 Å². The van der Waals surface area contributed by atoms with Gasteiger partial charge in [-0.2, -0.15) is 0 Å². The van der Waals surface area contributed by atoms with Crippen LogP contribution in [-0.2, 0) is 6.54 Å². The number of benzene rings is 1. The fraction of sp³-hybridized carbons (Fsp3) is 0.571. The van der Waals surface area contributed by atoms with Crippen molar-refractivity contribution in [3.63, 3.8) is 0 Å². The van der Waals surface area contributed by atoms with E-state index in [0.29, 0.717) is 6.04 Å². The molecule has 0 saturated heterocycles. The first-order valence-electron chi connectivity index (χ1n) is 6.53. The fourth-order valence-electron chi connectivity index (χ4n) is 2.50. The van der Waals surface area contributed by atoms with Crippen LogP contribution in [0, 0.1) is 5.92 Å². The summed E-state index contributed by atoms with van der Waals surface area (Å²) >= 11 is 7.00. The second-order valence-corrected chi connectivity index (χ2v) is 7.07. The van der Waals surface area contributed by atoms with Gasteiger partial charge in [-0.25, -0.2) is 0 Å². The van der Waals surface area contributed by atoms with Crippen molar-refractivity contribution in [2.45, 2.75) is 45.2 Å². The van der Waals surface area contributed by atoms with Crippen LogP contribution in [0.2, 0.25) is 0 Å². The van der Waals surface area contributed by atoms with Crippen molar-refractivity contribution in [1.82, 2.24) is 5.32 Å². The Kier molecular flexibility index (Phi) is 5.10. The van der Waals surface area contributed by atoms with E-state index >= 15 is 0 Å². The molecule has 4 heteroatoms. The molecule has 1 aromatic carbocycles. The first kappa shape index (κ1) is 14.4. The highest BCUT2D eigenvalue weighted by Gasteiger charge is 2.18. The molecule has 1 aromatic rings. The van der Waals surface area contributed by atoms with E-state index in [9.17, 15) is 0 Å². The number of halogens is 2. The molecule has 0 unspecified atom stereocenters. The van der Waals surface area contributed by atoms with E-state index in [2.05, 4.69) is 50.2 Å². The highest BCUT2D eigenvalue weighted by Crippen LogP contribution is 2.29. The van der Waals surface area contributed by atoms with Crippen LogP contribution in [0.4, 0.5) is 5.69 Å². The van der Waals surface area contributed by atoms with Gasteiger partial charge in [-0.15, -0.1) is 0 Å². The molecular weight excluding hydrogens is 356 g/mol. The average molecular weight is 376 g/mol. The van der Waals surface area contributed by atoms with Crippen molar-refractivity contribution < 1.29 is 0 Å². The molecule has 0 heterocycles. The van der Waals surface area contributed by atoms with Gasteiger partial charge in [0, 0.05) is 21.5 Å². The highest BCUT2D eigenvalue weighted by atomic mass is 79.9. The fourth-order valence-corrected chi connectivity index (χ4v) is 3.82. The molecule has 0 aromatic heterocycles. The van der Waals surface area contributed by atoms with Crippen LogP contribution in [0.25, 0.3) is 0 Å². The molecule has 0 radical (unpaired) electrons. The van der Waals surface area contributed by atoms with Crippen molar-refractivity contribution in [3.8, 4) is 0 Å². The summed E-state index contributed by atoms with van der Waals surface area (Å²) in [7, 11) is 0. The minimum absolute atomic E-state index is 0.651. The van der Waals surface area contributed by atoms with Crippen molar-refractivity contribution in [2.75, 3.05) is 5.73 Å². The number of nitrogens with one attached hydrogen (secondary N) is 1. The average Bonchev–Trinajstić information content (AvgIpc) is 2.34. The lowest BCUT2D eigenvalue weighted by molar-refractivity contribution is 0.306. The molecule has 100 valence electrons. The summed E-state index contributed by atoms with van der Waals surface area (Å²) in [5, 5.41) is 3.63. The zero-order valence-corrected chi connectivity index (χ0v) is 13.9. The maximum atomic E-state index is 6.08. The summed E-state index contributed by atoms with van der Waals surface area (Å²) in [6.45, 7) is 3.20. The molecule has 0 bridgehead atoms. The maximum Gasteiger partial charge on any atom is 0.0504 e. The van der Waals surface area contributed by atoms with E-state index in [0.717, 1.165) is 32.7 Å². The van der Waals surface area contributed by atoms with E-state index in [1.54, 1.807) is 0 Å². The molecule has 1 saturated carbocycles. The molecule has 0 spiro atoms. The van der Waals surface area contributed by atoms with Gasteiger partial charge in [0.2, 0.25) is 0 Å². The van der Waals surface area contributed by atoms with Crippen molar-refractivity contribution in [1.29, 1.82) is 0 Å². The van der Waals surface area contributed by atoms with E-state index in [1.165, 1.54) is 25.7 Å². The third-order valence-electron chi connectivity index (χ3n) is 3.78. The molecule has 2 rings (SSSR count). The summed E-state index contributed by atoms with van der Waals surface area (Å²) in [4.78, 5) is 0. The Hall–Kier alpha value is -0.0600.